The molecule has 0 aliphatic carbocycles. The topological polar surface area (TPSA) is 12.0 Å². The van der Waals surface area contributed by atoms with Gasteiger partial charge in [0.1, 0.15) is 0 Å². The molecule has 0 heterocycles. The fourth-order valence-electron chi connectivity index (χ4n) is 1.18. The zero-order valence-corrected chi connectivity index (χ0v) is 8.35. The van der Waals surface area contributed by atoms with Gasteiger partial charge in [-0.1, -0.05) is 30.3 Å². The van der Waals surface area contributed by atoms with Crippen molar-refractivity contribution in [1.82, 2.24) is 5.32 Å². The van der Waals surface area contributed by atoms with Crippen LogP contribution in [0.15, 0.2) is 30.3 Å². The SMILES string of the molecule is C[C@H](NC(F)(F)C(F)(F)F)c1ccccc1. The normalized spacial score (nSPS) is 14.9. The van der Waals surface area contributed by atoms with E-state index < -0.39 is 18.3 Å². The number of rotatable bonds is 3. The summed E-state index contributed by atoms with van der Waals surface area (Å²) >= 11 is 0. The van der Waals surface area contributed by atoms with Crippen LogP contribution in [0.5, 0.6) is 0 Å². The van der Waals surface area contributed by atoms with Crippen LogP contribution in [0.2, 0.25) is 0 Å². The van der Waals surface area contributed by atoms with Crippen molar-refractivity contribution in [2.24, 2.45) is 0 Å². The molecule has 0 bridgehead atoms. The lowest BCUT2D eigenvalue weighted by Gasteiger charge is -2.24. The Balaban J connectivity index is 2.76. The molecule has 1 N–H and O–H groups in total. The van der Waals surface area contributed by atoms with E-state index in [4.69, 9.17) is 0 Å². The van der Waals surface area contributed by atoms with E-state index in [0.29, 0.717) is 5.56 Å². The van der Waals surface area contributed by atoms with Crippen molar-refractivity contribution in [3.63, 3.8) is 0 Å². The van der Waals surface area contributed by atoms with E-state index in [1.165, 1.54) is 24.4 Å². The molecule has 0 aliphatic heterocycles. The summed E-state index contributed by atoms with van der Waals surface area (Å²) in [4.78, 5) is 0. The van der Waals surface area contributed by atoms with E-state index in [0.717, 1.165) is 0 Å². The Hall–Kier alpha value is -1.17. The first-order valence-corrected chi connectivity index (χ1v) is 4.51. The van der Waals surface area contributed by atoms with Gasteiger partial charge in [0.25, 0.3) is 0 Å². The minimum Gasteiger partial charge on any atom is -0.244 e. The summed E-state index contributed by atoms with van der Waals surface area (Å²) in [6.45, 7) is 1.25. The highest BCUT2D eigenvalue weighted by atomic mass is 19.4. The molecular weight excluding hydrogens is 229 g/mol. The van der Waals surface area contributed by atoms with Gasteiger partial charge in [-0.3, -0.25) is 0 Å². The van der Waals surface area contributed by atoms with Crippen LogP contribution in [-0.2, 0) is 0 Å². The molecule has 0 amide bonds. The van der Waals surface area contributed by atoms with Crippen molar-refractivity contribution in [2.75, 3.05) is 0 Å². The first-order valence-electron chi connectivity index (χ1n) is 4.51. The molecule has 1 nitrogen and oxygen atoms in total. The summed E-state index contributed by atoms with van der Waals surface area (Å²) in [5.74, 6) is 0. The molecule has 0 radical (unpaired) electrons. The second-order valence-electron chi connectivity index (χ2n) is 3.35. The van der Waals surface area contributed by atoms with Crippen LogP contribution in [0.3, 0.4) is 0 Å². The van der Waals surface area contributed by atoms with E-state index in [9.17, 15) is 22.0 Å². The number of hydrogen-bond acceptors (Lipinski definition) is 1. The highest BCUT2D eigenvalue weighted by molar-refractivity contribution is 5.18. The van der Waals surface area contributed by atoms with Gasteiger partial charge in [-0.05, 0) is 12.5 Å². The van der Waals surface area contributed by atoms with Crippen molar-refractivity contribution < 1.29 is 22.0 Å². The number of nitrogens with one attached hydrogen (secondary N) is 1. The molecule has 90 valence electrons. The molecule has 0 spiro atoms. The smallest absolute Gasteiger partial charge is 0.244 e. The predicted octanol–water partition coefficient (Wildman–Crippen LogP) is 3.49. The second-order valence-corrected chi connectivity index (χ2v) is 3.35. The molecule has 0 aromatic heterocycles. The van der Waals surface area contributed by atoms with E-state index >= 15 is 0 Å². The third-order valence-corrected chi connectivity index (χ3v) is 2.05. The summed E-state index contributed by atoms with van der Waals surface area (Å²) in [5.41, 5.74) is 0.367. The summed E-state index contributed by atoms with van der Waals surface area (Å²) in [6, 6.07) is 1.77. The number of alkyl halides is 5. The van der Waals surface area contributed by atoms with Gasteiger partial charge >= 0.3 is 12.2 Å². The van der Waals surface area contributed by atoms with E-state index in [1.807, 2.05) is 0 Å². The molecule has 0 aliphatic rings. The third kappa shape index (κ3) is 2.91. The maximum absolute atomic E-state index is 12.6. The molecule has 16 heavy (non-hydrogen) atoms. The van der Waals surface area contributed by atoms with E-state index in [-0.39, 0.29) is 0 Å². The van der Waals surface area contributed by atoms with Gasteiger partial charge in [-0.2, -0.15) is 22.0 Å². The predicted molar refractivity (Wildman–Crippen MR) is 49.0 cm³/mol. The van der Waals surface area contributed by atoms with Gasteiger partial charge in [0, 0.05) is 6.04 Å². The van der Waals surface area contributed by atoms with E-state index in [2.05, 4.69) is 0 Å². The first-order chi connectivity index (χ1) is 7.24. The molecule has 1 aromatic rings. The van der Waals surface area contributed by atoms with Gasteiger partial charge in [0.05, 0.1) is 0 Å². The van der Waals surface area contributed by atoms with Crippen LogP contribution in [0.4, 0.5) is 22.0 Å². The van der Waals surface area contributed by atoms with Crippen LogP contribution < -0.4 is 5.32 Å². The zero-order chi connectivity index (χ0) is 12.4. The minimum absolute atomic E-state index is 0.367. The minimum atomic E-state index is -5.59. The summed E-state index contributed by atoms with van der Waals surface area (Å²) in [5, 5.41) is 1.25. The van der Waals surface area contributed by atoms with Gasteiger partial charge < -0.3 is 0 Å². The summed E-state index contributed by atoms with van der Waals surface area (Å²) < 4.78 is 61.0. The molecule has 0 fully saturated rings. The average molecular weight is 239 g/mol. The van der Waals surface area contributed by atoms with Crippen LogP contribution in [0, 0.1) is 0 Å². The second kappa shape index (κ2) is 4.37. The lowest BCUT2D eigenvalue weighted by molar-refractivity contribution is -0.298. The molecule has 0 unspecified atom stereocenters. The fourth-order valence-corrected chi connectivity index (χ4v) is 1.18. The monoisotopic (exact) mass is 239 g/mol. The van der Waals surface area contributed by atoms with Crippen molar-refractivity contribution in [2.45, 2.75) is 25.2 Å². The maximum atomic E-state index is 12.6. The number of benzene rings is 1. The van der Waals surface area contributed by atoms with Crippen LogP contribution in [0.25, 0.3) is 0 Å². The molecule has 0 saturated carbocycles. The maximum Gasteiger partial charge on any atom is 0.469 e. The molecule has 1 atom stereocenters. The van der Waals surface area contributed by atoms with E-state index in [1.54, 1.807) is 18.2 Å². The van der Waals surface area contributed by atoms with Gasteiger partial charge in [0.15, 0.2) is 0 Å². The molecule has 1 rings (SSSR count). The number of hydrogen-bond donors (Lipinski definition) is 1. The lowest BCUT2D eigenvalue weighted by Crippen LogP contribution is -2.50. The molecular formula is C10H10F5N. The Labute approximate surface area is 89.3 Å². The molecule has 0 saturated heterocycles. The quantitative estimate of drug-likeness (QED) is 0.628. The highest BCUT2D eigenvalue weighted by Gasteiger charge is 2.58. The standard InChI is InChI=1S/C10H10F5N/c1-7(8-5-3-2-4-6-8)16-10(14,15)9(11,12)13/h2-7,16H,1H3/t7-/m0/s1. The fraction of sp³-hybridized carbons (Fsp3) is 0.400. The van der Waals surface area contributed by atoms with Crippen LogP contribution in [-0.4, -0.2) is 12.2 Å². The number of halogens is 5. The van der Waals surface area contributed by atoms with Gasteiger partial charge in [-0.25, -0.2) is 5.32 Å². The van der Waals surface area contributed by atoms with Crippen LogP contribution in [0.1, 0.15) is 18.5 Å². The summed E-state index contributed by atoms with van der Waals surface area (Å²) in [7, 11) is 0. The zero-order valence-electron chi connectivity index (χ0n) is 8.35. The Kier molecular flexibility index (Phi) is 3.52. The Morgan fingerprint density at radius 1 is 1.00 bits per heavy atom. The van der Waals surface area contributed by atoms with Crippen molar-refractivity contribution >= 4 is 0 Å². The van der Waals surface area contributed by atoms with Crippen LogP contribution >= 0.6 is 0 Å². The largest absolute Gasteiger partial charge is 0.469 e. The molecule has 6 heteroatoms. The third-order valence-electron chi connectivity index (χ3n) is 2.05. The lowest BCUT2D eigenvalue weighted by atomic mass is 10.1. The Bertz CT molecular complexity index is 333. The van der Waals surface area contributed by atoms with Crippen molar-refractivity contribution in [3.8, 4) is 0 Å². The Morgan fingerprint density at radius 3 is 1.94 bits per heavy atom. The van der Waals surface area contributed by atoms with Crippen molar-refractivity contribution in [3.05, 3.63) is 35.9 Å². The average Bonchev–Trinajstić information content (AvgIpc) is 2.16. The Morgan fingerprint density at radius 2 is 1.50 bits per heavy atom. The van der Waals surface area contributed by atoms with Crippen molar-refractivity contribution in [1.29, 1.82) is 0 Å². The highest BCUT2D eigenvalue weighted by Crippen LogP contribution is 2.34. The first kappa shape index (κ1) is 12.9. The van der Waals surface area contributed by atoms with Gasteiger partial charge in [-0.15, -0.1) is 0 Å². The summed E-state index contributed by atoms with van der Waals surface area (Å²) in [6.07, 6.45) is -5.59. The molecule has 1 aromatic carbocycles. The van der Waals surface area contributed by atoms with Gasteiger partial charge in [0.2, 0.25) is 0 Å².